The lowest BCUT2D eigenvalue weighted by molar-refractivity contribution is -0.146. The second kappa shape index (κ2) is 10.5. The fourth-order valence-electron chi connectivity index (χ4n) is 3.45. The molecule has 1 N–H and O–H groups in total. The van der Waals surface area contributed by atoms with Crippen molar-refractivity contribution in [1.29, 1.82) is 0 Å². The molecule has 154 valence electrons. The monoisotopic (exact) mass is 395 g/mol. The van der Waals surface area contributed by atoms with E-state index < -0.39 is 0 Å². The third-order valence-corrected chi connectivity index (χ3v) is 5.16. The molecule has 1 saturated heterocycles. The predicted octanol–water partition coefficient (Wildman–Crippen LogP) is 3.23. The topological polar surface area (TPSA) is 63.2 Å². The van der Waals surface area contributed by atoms with Gasteiger partial charge in [-0.1, -0.05) is 42.5 Å². The Morgan fingerprint density at radius 1 is 1.07 bits per heavy atom. The number of carbonyl (C=O) groups excluding carboxylic acids is 1. The highest BCUT2D eigenvalue weighted by Gasteiger charge is 2.26. The highest BCUT2D eigenvalue weighted by Crippen LogP contribution is 2.19. The van der Waals surface area contributed by atoms with Gasteiger partial charge in [-0.3, -0.25) is 9.79 Å². The van der Waals surface area contributed by atoms with Crippen molar-refractivity contribution in [3.8, 4) is 5.75 Å². The first-order valence-corrected chi connectivity index (χ1v) is 9.98. The Hall–Kier alpha value is -3.02. The molecule has 6 nitrogen and oxygen atoms in total. The zero-order chi connectivity index (χ0) is 20.5. The molecule has 1 aliphatic heterocycles. The minimum absolute atomic E-state index is 0.00205. The summed E-state index contributed by atoms with van der Waals surface area (Å²) in [7, 11) is 3.24. The fourth-order valence-corrected chi connectivity index (χ4v) is 3.45. The van der Waals surface area contributed by atoms with Crippen molar-refractivity contribution in [1.82, 2.24) is 10.2 Å². The number of rotatable bonds is 6. The Morgan fingerprint density at radius 3 is 2.38 bits per heavy atom. The Kier molecular flexibility index (Phi) is 7.50. The lowest BCUT2D eigenvalue weighted by atomic mass is 9.97. The Bertz CT molecular complexity index is 798. The predicted molar refractivity (Wildman–Crippen MR) is 114 cm³/mol. The number of aliphatic imine (C=N–C) groups is 1. The zero-order valence-electron chi connectivity index (χ0n) is 17.1. The van der Waals surface area contributed by atoms with Gasteiger partial charge in [-0.25, -0.2) is 0 Å². The van der Waals surface area contributed by atoms with Crippen LogP contribution in [0.2, 0.25) is 0 Å². The highest BCUT2D eigenvalue weighted by molar-refractivity contribution is 5.80. The molecule has 0 amide bonds. The number of carbonyl (C=O) groups is 1. The number of hydrogen-bond donors (Lipinski definition) is 1. The van der Waals surface area contributed by atoms with Crippen LogP contribution in [0, 0.1) is 5.92 Å². The molecule has 0 bridgehead atoms. The van der Waals surface area contributed by atoms with E-state index in [1.54, 1.807) is 7.05 Å². The molecule has 0 unspecified atom stereocenters. The van der Waals surface area contributed by atoms with E-state index in [9.17, 15) is 4.79 Å². The van der Waals surface area contributed by atoms with Crippen LogP contribution >= 0.6 is 0 Å². The van der Waals surface area contributed by atoms with Crippen LogP contribution in [0.15, 0.2) is 59.6 Å². The number of benzene rings is 2. The maximum Gasteiger partial charge on any atom is 0.308 e. The van der Waals surface area contributed by atoms with Gasteiger partial charge in [-0.2, -0.15) is 0 Å². The smallest absolute Gasteiger partial charge is 0.308 e. The molecule has 1 aliphatic rings. The van der Waals surface area contributed by atoms with Crippen molar-refractivity contribution in [2.24, 2.45) is 10.9 Å². The van der Waals surface area contributed by atoms with Gasteiger partial charge in [0.1, 0.15) is 12.4 Å². The minimum atomic E-state index is -0.109. The molecule has 0 radical (unpaired) electrons. The maximum absolute atomic E-state index is 11.7. The lowest BCUT2D eigenvalue weighted by Crippen LogP contribution is -2.46. The average Bonchev–Trinajstić information content (AvgIpc) is 2.79. The van der Waals surface area contributed by atoms with Gasteiger partial charge in [0.15, 0.2) is 5.96 Å². The second-order valence-electron chi connectivity index (χ2n) is 7.10. The molecular formula is C23H29N3O3. The molecule has 1 heterocycles. The van der Waals surface area contributed by atoms with Gasteiger partial charge >= 0.3 is 5.97 Å². The quantitative estimate of drug-likeness (QED) is 0.462. The fraction of sp³-hybridized carbons (Fsp3) is 0.391. The summed E-state index contributed by atoms with van der Waals surface area (Å²) >= 11 is 0. The number of piperidine rings is 1. The van der Waals surface area contributed by atoms with E-state index in [4.69, 9.17) is 9.47 Å². The lowest BCUT2D eigenvalue weighted by Gasteiger charge is -2.33. The first-order valence-electron chi connectivity index (χ1n) is 9.98. The molecule has 2 aromatic rings. The number of guanidine groups is 1. The van der Waals surface area contributed by atoms with Crippen molar-refractivity contribution < 1.29 is 14.3 Å². The first-order chi connectivity index (χ1) is 14.2. The van der Waals surface area contributed by atoms with Crippen molar-refractivity contribution >= 4 is 11.9 Å². The van der Waals surface area contributed by atoms with Crippen LogP contribution in [-0.2, 0) is 22.7 Å². The summed E-state index contributed by atoms with van der Waals surface area (Å²) in [5.41, 5.74) is 2.31. The van der Waals surface area contributed by atoms with Crippen molar-refractivity contribution in [3.63, 3.8) is 0 Å². The molecule has 2 aromatic carbocycles. The zero-order valence-corrected chi connectivity index (χ0v) is 17.1. The van der Waals surface area contributed by atoms with Gasteiger partial charge in [0.2, 0.25) is 0 Å². The number of ether oxygens (including phenoxy) is 2. The van der Waals surface area contributed by atoms with Crippen LogP contribution in [0.5, 0.6) is 5.75 Å². The molecule has 0 atom stereocenters. The number of esters is 1. The third kappa shape index (κ3) is 5.98. The first kappa shape index (κ1) is 20.7. The van der Waals surface area contributed by atoms with E-state index in [2.05, 4.69) is 39.5 Å². The summed E-state index contributed by atoms with van der Waals surface area (Å²) in [6, 6.07) is 18.2. The van der Waals surface area contributed by atoms with Crippen LogP contribution in [0.3, 0.4) is 0 Å². The second-order valence-corrected chi connectivity index (χ2v) is 7.10. The Morgan fingerprint density at radius 2 is 1.76 bits per heavy atom. The third-order valence-electron chi connectivity index (χ3n) is 5.16. The number of nitrogens with one attached hydrogen (secondary N) is 1. The Balaban J connectivity index is 1.45. The number of methoxy groups -OCH3 is 1. The van der Waals surface area contributed by atoms with Crippen molar-refractivity contribution in [2.75, 3.05) is 27.2 Å². The summed E-state index contributed by atoms with van der Waals surface area (Å²) in [4.78, 5) is 18.3. The Labute approximate surface area is 172 Å². The van der Waals surface area contributed by atoms with Crippen LogP contribution in [0.1, 0.15) is 24.0 Å². The number of likely N-dealkylation sites (tertiary alicyclic amines) is 1. The van der Waals surface area contributed by atoms with Gasteiger partial charge in [-0.05, 0) is 36.1 Å². The van der Waals surface area contributed by atoms with E-state index in [-0.39, 0.29) is 11.9 Å². The van der Waals surface area contributed by atoms with E-state index in [1.807, 2.05) is 30.3 Å². The van der Waals surface area contributed by atoms with Gasteiger partial charge < -0.3 is 19.7 Å². The van der Waals surface area contributed by atoms with Crippen LogP contribution in [0.25, 0.3) is 0 Å². The number of hydrogen-bond acceptors (Lipinski definition) is 4. The standard InChI is InChI=1S/C23H29N3O3/c1-24-23(26-14-12-20(13-15-26)22(27)28-2)25-16-18-8-10-21(11-9-18)29-17-19-6-4-3-5-7-19/h3-11,20H,12-17H2,1-2H3,(H,24,25). The molecule has 0 aromatic heterocycles. The van der Waals surface area contributed by atoms with Gasteiger partial charge in [0, 0.05) is 26.7 Å². The summed E-state index contributed by atoms with van der Waals surface area (Å²) in [5.74, 6) is 1.60. The molecule has 29 heavy (non-hydrogen) atoms. The van der Waals surface area contributed by atoms with E-state index in [1.165, 1.54) is 7.11 Å². The normalized spacial score (nSPS) is 15.1. The SMILES string of the molecule is CN=C(NCc1ccc(OCc2ccccc2)cc1)N1CCC(C(=O)OC)CC1. The summed E-state index contributed by atoms with van der Waals surface area (Å²) in [6.07, 6.45) is 1.58. The van der Waals surface area contributed by atoms with Gasteiger partial charge in [0.05, 0.1) is 13.0 Å². The van der Waals surface area contributed by atoms with Crippen molar-refractivity contribution in [2.45, 2.75) is 26.0 Å². The molecular weight excluding hydrogens is 366 g/mol. The summed E-state index contributed by atoms with van der Waals surface area (Å²) in [6.45, 7) is 2.84. The average molecular weight is 396 g/mol. The van der Waals surface area contributed by atoms with Crippen LogP contribution in [-0.4, -0.2) is 44.1 Å². The molecule has 1 fully saturated rings. The minimum Gasteiger partial charge on any atom is -0.489 e. The highest BCUT2D eigenvalue weighted by atomic mass is 16.5. The summed E-state index contributed by atoms with van der Waals surface area (Å²) < 4.78 is 10.7. The molecule has 0 saturated carbocycles. The van der Waals surface area contributed by atoms with E-state index >= 15 is 0 Å². The van der Waals surface area contributed by atoms with Crippen LogP contribution < -0.4 is 10.1 Å². The summed E-state index contributed by atoms with van der Waals surface area (Å²) in [5, 5.41) is 3.41. The molecule has 6 heteroatoms. The molecule has 0 aliphatic carbocycles. The van der Waals surface area contributed by atoms with Crippen LogP contribution in [0.4, 0.5) is 0 Å². The molecule has 3 rings (SSSR count). The van der Waals surface area contributed by atoms with E-state index in [0.717, 1.165) is 48.8 Å². The van der Waals surface area contributed by atoms with Gasteiger partial charge in [-0.15, -0.1) is 0 Å². The number of nitrogens with zero attached hydrogens (tertiary/aromatic N) is 2. The largest absolute Gasteiger partial charge is 0.489 e. The maximum atomic E-state index is 11.7. The molecule has 0 spiro atoms. The van der Waals surface area contributed by atoms with Gasteiger partial charge in [0.25, 0.3) is 0 Å². The van der Waals surface area contributed by atoms with E-state index in [0.29, 0.717) is 13.2 Å². The van der Waals surface area contributed by atoms with Crippen molar-refractivity contribution in [3.05, 3.63) is 65.7 Å².